The van der Waals surface area contributed by atoms with Crippen LogP contribution >= 0.6 is 0 Å². The van der Waals surface area contributed by atoms with E-state index in [2.05, 4.69) is 0 Å². The minimum atomic E-state index is -1.40. The maximum Gasteiger partial charge on any atom is 0.231 e. The largest absolute Gasteiger partial charge is 0.454 e. The molecule has 1 aromatic carbocycles. The predicted octanol–water partition coefficient (Wildman–Crippen LogP) is 3.00. The summed E-state index contributed by atoms with van der Waals surface area (Å²) in [6, 6.07) is 3.67. The Morgan fingerprint density at radius 3 is 2.53 bits per heavy atom. The Morgan fingerprint density at radius 1 is 1.32 bits per heavy atom. The number of fused-ring (bicyclic) bond motifs is 1. The Bertz CT molecular complexity index is 516. The van der Waals surface area contributed by atoms with Crippen molar-refractivity contribution in [1.29, 1.82) is 0 Å². The van der Waals surface area contributed by atoms with Crippen molar-refractivity contribution >= 4 is 0 Å². The summed E-state index contributed by atoms with van der Waals surface area (Å²) in [5.74, 6) is 1.40. The van der Waals surface area contributed by atoms with Gasteiger partial charge in [0, 0.05) is 17.0 Å². The Kier molecular flexibility index (Phi) is 2.58. The second-order valence-corrected chi connectivity index (χ2v) is 6.17. The zero-order valence-electron chi connectivity index (χ0n) is 11.6. The van der Waals surface area contributed by atoms with E-state index in [1.165, 1.54) is 0 Å². The lowest BCUT2D eigenvalue weighted by Crippen LogP contribution is -2.32. The van der Waals surface area contributed by atoms with Gasteiger partial charge in [-0.05, 0) is 51.3 Å². The highest BCUT2D eigenvalue weighted by molar-refractivity contribution is 5.57. The number of alkyl halides is 1. The first-order chi connectivity index (χ1) is 8.84. The Balaban J connectivity index is 2.16. The van der Waals surface area contributed by atoms with Crippen molar-refractivity contribution in [2.24, 2.45) is 5.73 Å². The van der Waals surface area contributed by atoms with Crippen LogP contribution in [0.3, 0.4) is 0 Å². The van der Waals surface area contributed by atoms with Crippen LogP contribution in [-0.2, 0) is 11.1 Å². The van der Waals surface area contributed by atoms with Crippen LogP contribution in [0.5, 0.6) is 11.5 Å². The third-order valence-corrected chi connectivity index (χ3v) is 4.36. The first kappa shape index (κ1) is 12.7. The predicted molar refractivity (Wildman–Crippen MR) is 71.3 cm³/mol. The van der Waals surface area contributed by atoms with Crippen LogP contribution in [0.25, 0.3) is 0 Å². The van der Waals surface area contributed by atoms with Crippen LogP contribution in [0.1, 0.15) is 44.7 Å². The molecular weight excluding hydrogens is 245 g/mol. The minimum absolute atomic E-state index is 0.0266. The SMILES string of the molecule is CC(N)C1(c2cc(C(C)(C)F)cc3c2OCO3)CC1. The van der Waals surface area contributed by atoms with Crippen LogP contribution in [0.15, 0.2) is 12.1 Å². The zero-order valence-corrected chi connectivity index (χ0v) is 11.6. The van der Waals surface area contributed by atoms with Crippen LogP contribution in [0.2, 0.25) is 0 Å². The van der Waals surface area contributed by atoms with Gasteiger partial charge in [0.25, 0.3) is 0 Å². The molecule has 1 aromatic rings. The lowest BCUT2D eigenvalue weighted by Gasteiger charge is -2.24. The van der Waals surface area contributed by atoms with Gasteiger partial charge in [0.15, 0.2) is 11.5 Å². The first-order valence-electron chi connectivity index (χ1n) is 6.74. The Hall–Kier alpha value is -1.29. The average molecular weight is 265 g/mol. The molecule has 0 bridgehead atoms. The standard InChI is InChI=1S/C15H20FNO2/c1-9(17)15(4-5-15)11-6-10(14(2,3)16)7-12-13(11)19-8-18-12/h6-7,9H,4-5,8,17H2,1-3H3. The average Bonchev–Trinajstić information content (AvgIpc) is 2.98. The summed E-state index contributed by atoms with van der Waals surface area (Å²) >= 11 is 0. The highest BCUT2D eigenvalue weighted by Crippen LogP contribution is 2.56. The molecule has 19 heavy (non-hydrogen) atoms. The molecule has 2 aliphatic rings. The summed E-state index contributed by atoms with van der Waals surface area (Å²) in [6.07, 6.45) is 2.05. The zero-order chi connectivity index (χ0) is 13.8. The van der Waals surface area contributed by atoms with Crippen LogP contribution in [0.4, 0.5) is 4.39 Å². The van der Waals surface area contributed by atoms with E-state index in [0.717, 1.165) is 24.2 Å². The molecule has 2 N–H and O–H groups in total. The van der Waals surface area contributed by atoms with Gasteiger partial charge in [-0.3, -0.25) is 0 Å². The summed E-state index contributed by atoms with van der Waals surface area (Å²) in [4.78, 5) is 0. The van der Waals surface area contributed by atoms with Crippen molar-refractivity contribution in [3.8, 4) is 11.5 Å². The monoisotopic (exact) mass is 265 g/mol. The van der Waals surface area contributed by atoms with E-state index >= 15 is 0 Å². The van der Waals surface area contributed by atoms with Crippen molar-refractivity contribution in [3.05, 3.63) is 23.3 Å². The van der Waals surface area contributed by atoms with Crippen molar-refractivity contribution in [2.75, 3.05) is 6.79 Å². The molecular formula is C15H20FNO2. The third kappa shape index (κ3) is 1.89. The van der Waals surface area contributed by atoms with Gasteiger partial charge in [-0.2, -0.15) is 0 Å². The second-order valence-electron chi connectivity index (χ2n) is 6.17. The molecule has 0 saturated heterocycles. The van der Waals surface area contributed by atoms with Crippen LogP contribution in [-0.4, -0.2) is 12.8 Å². The molecule has 1 aliphatic carbocycles. The fourth-order valence-corrected chi connectivity index (χ4v) is 2.83. The number of hydrogen-bond acceptors (Lipinski definition) is 3. The van der Waals surface area contributed by atoms with Gasteiger partial charge in [-0.15, -0.1) is 0 Å². The third-order valence-electron chi connectivity index (χ3n) is 4.36. The number of nitrogens with two attached hydrogens (primary N) is 1. The molecule has 0 radical (unpaired) electrons. The van der Waals surface area contributed by atoms with Crippen molar-refractivity contribution in [2.45, 2.75) is 50.7 Å². The van der Waals surface area contributed by atoms with E-state index in [1.54, 1.807) is 19.9 Å². The number of halogens is 1. The highest BCUT2D eigenvalue weighted by Gasteiger charge is 2.50. The van der Waals surface area contributed by atoms with Gasteiger partial charge in [-0.1, -0.05) is 0 Å². The molecule has 3 nitrogen and oxygen atoms in total. The lowest BCUT2D eigenvalue weighted by molar-refractivity contribution is 0.172. The molecule has 1 atom stereocenters. The van der Waals surface area contributed by atoms with E-state index in [4.69, 9.17) is 15.2 Å². The van der Waals surface area contributed by atoms with E-state index < -0.39 is 5.67 Å². The van der Waals surface area contributed by atoms with E-state index in [1.807, 2.05) is 13.0 Å². The summed E-state index contributed by atoms with van der Waals surface area (Å²) < 4.78 is 25.3. The summed E-state index contributed by atoms with van der Waals surface area (Å²) in [5.41, 5.74) is 6.29. The lowest BCUT2D eigenvalue weighted by atomic mass is 9.85. The van der Waals surface area contributed by atoms with E-state index in [0.29, 0.717) is 11.3 Å². The normalized spacial score (nSPS) is 21.3. The first-order valence-corrected chi connectivity index (χ1v) is 6.74. The second kappa shape index (κ2) is 3.85. The quantitative estimate of drug-likeness (QED) is 0.913. The van der Waals surface area contributed by atoms with Crippen molar-refractivity contribution < 1.29 is 13.9 Å². The number of benzene rings is 1. The Labute approximate surface area is 112 Å². The van der Waals surface area contributed by atoms with Gasteiger partial charge in [0.1, 0.15) is 5.67 Å². The fourth-order valence-electron chi connectivity index (χ4n) is 2.83. The maximum atomic E-state index is 14.3. The molecule has 3 rings (SSSR count). The molecule has 1 saturated carbocycles. The molecule has 1 fully saturated rings. The fraction of sp³-hybridized carbons (Fsp3) is 0.600. The van der Waals surface area contributed by atoms with E-state index in [-0.39, 0.29) is 18.2 Å². The maximum absolute atomic E-state index is 14.3. The molecule has 104 valence electrons. The number of ether oxygens (including phenoxy) is 2. The number of rotatable bonds is 3. The Morgan fingerprint density at radius 2 is 2.00 bits per heavy atom. The molecule has 4 heteroatoms. The summed E-state index contributed by atoms with van der Waals surface area (Å²) in [6.45, 7) is 5.31. The van der Waals surface area contributed by atoms with Crippen molar-refractivity contribution in [3.63, 3.8) is 0 Å². The van der Waals surface area contributed by atoms with Crippen LogP contribution < -0.4 is 15.2 Å². The summed E-state index contributed by atoms with van der Waals surface area (Å²) in [5, 5.41) is 0. The smallest absolute Gasteiger partial charge is 0.231 e. The minimum Gasteiger partial charge on any atom is -0.454 e. The van der Waals surface area contributed by atoms with Crippen LogP contribution in [0, 0.1) is 0 Å². The molecule has 0 amide bonds. The van der Waals surface area contributed by atoms with Gasteiger partial charge < -0.3 is 15.2 Å². The number of hydrogen-bond donors (Lipinski definition) is 1. The van der Waals surface area contributed by atoms with Gasteiger partial charge >= 0.3 is 0 Å². The molecule has 1 heterocycles. The van der Waals surface area contributed by atoms with Gasteiger partial charge in [0.2, 0.25) is 6.79 Å². The summed E-state index contributed by atoms with van der Waals surface area (Å²) in [7, 11) is 0. The molecule has 0 aromatic heterocycles. The molecule has 0 spiro atoms. The van der Waals surface area contributed by atoms with Gasteiger partial charge in [0.05, 0.1) is 0 Å². The molecule has 1 unspecified atom stereocenters. The topological polar surface area (TPSA) is 44.5 Å². The van der Waals surface area contributed by atoms with E-state index in [9.17, 15) is 4.39 Å². The molecule has 1 aliphatic heterocycles. The van der Waals surface area contributed by atoms with Gasteiger partial charge in [-0.25, -0.2) is 4.39 Å². The van der Waals surface area contributed by atoms with Crippen molar-refractivity contribution in [1.82, 2.24) is 0 Å². The highest BCUT2D eigenvalue weighted by atomic mass is 19.1.